The van der Waals surface area contributed by atoms with E-state index < -0.39 is 0 Å². The van der Waals surface area contributed by atoms with Gasteiger partial charge in [0.15, 0.2) is 0 Å². The first-order valence-corrected chi connectivity index (χ1v) is 6.99. The van der Waals surface area contributed by atoms with Crippen LogP contribution in [0.3, 0.4) is 0 Å². The Kier molecular flexibility index (Phi) is 3.48. The van der Waals surface area contributed by atoms with Crippen molar-refractivity contribution in [2.45, 2.75) is 46.5 Å². The summed E-state index contributed by atoms with van der Waals surface area (Å²) in [6.45, 7) is 10.5. The third-order valence-corrected chi connectivity index (χ3v) is 4.91. The van der Waals surface area contributed by atoms with Crippen LogP contribution in [0.5, 0.6) is 0 Å². The van der Waals surface area contributed by atoms with Crippen LogP contribution in [0.2, 0.25) is 0 Å². The Labute approximate surface area is 105 Å². The molecule has 1 N–H and O–H groups in total. The van der Waals surface area contributed by atoms with Gasteiger partial charge in [-0.1, -0.05) is 20.8 Å². The molecule has 2 aliphatic heterocycles. The number of carbonyl (C=O) groups excluding carboxylic acids is 1. The molecule has 98 valence electrons. The fourth-order valence-corrected chi connectivity index (χ4v) is 2.99. The van der Waals surface area contributed by atoms with E-state index in [1.165, 1.54) is 19.3 Å². The molecular formula is C14H26N2O. The first-order valence-electron chi connectivity index (χ1n) is 6.99. The van der Waals surface area contributed by atoms with Gasteiger partial charge in [-0.3, -0.25) is 4.79 Å². The smallest absolute Gasteiger partial charge is 0.228 e. The highest BCUT2D eigenvalue weighted by molar-refractivity contribution is 5.82. The molecule has 2 aliphatic rings. The molecule has 0 atom stereocenters. The summed E-state index contributed by atoms with van der Waals surface area (Å²) in [7, 11) is 0. The number of hydrogen-bond acceptors (Lipinski definition) is 2. The topological polar surface area (TPSA) is 32.3 Å². The van der Waals surface area contributed by atoms with Crippen molar-refractivity contribution >= 4 is 5.91 Å². The summed E-state index contributed by atoms with van der Waals surface area (Å²) < 4.78 is 0. The summed E-state index contributed by atoms with van der Waals surface area (Å²) in [5, 5.41) is 3.46. The van der Waals surface area contributed by atoms with Gasteiger partial charge in [-0.25, -0.2) is 0 Å². The highest BCUT2D eigenvalue weighted by Gasteiger charge is 2.40. The van der Waals surface area contributed by atoms with Crippen LogP contribution >= 0.6 is 0 Å². The van der Waals surface area contributed by atoms with Crippen molar-refractivity contribution < 1.29 is 4.79 Å². The van der Waals surface area contributed by atoms with Gasteiger partial charge >= 0.3 is 0 Å². The Hall–Kier alpha value is -0.570. The van der Waals surface area contributed by atoms with Crippen LogP contribution in [0, 0.1) is 10.8 Å². The van der Waals surface area contributed by atoms with Crippen molar-refractivity contribution in [3.05, 3.63) is 0 Å². The second-order valence-electron chi connectivity index (χ2n) is 6.46. The second kappa shape index (κ2) is 4.60. The van der Waals surface area contributed by atoms with Gasteiger partial charge in [-0.05, 0) is 37.6 Å². The lowest BCUT2D eigenvalue weighted by molar-refractivity contribution is -0.142. The SMILES string of the molecule is CCC(C)(C)C(=O)N1CCC2(CCNC2)CC1. The fraction of sp³-hybridized carbons (Fsp3) is 0.929. The van der Waals surface area contributed by atoms with Crippen molar-refractivity contribution in [2.24, 2.45) is 10.8 Å². The quantitative estimate of drug-likeness (QED) is 0.798. The van der Waals surface area contributed by atoms with Gasteiger partial charge in [0, 0.05) is 25.0 Å². The zero-order chi connectivity index (χ0) is 12.5. The van der Waals surface area contributed by atoms with Crippen molar-refractivity contribution in [3.63, 3.8) is 0 Å². The number of nitrogens with zero attached hydrogens (tertiary/aromatic N) is 1. The van der Waals surface area contributed by atoms with Crippen LogP contribution in [0.1, 0.15) is 46.5 Å². The van der Waals surface area contributed by atoms with Crippen LogP contribution in [0.15, 0.2) is 0 Å². The van der Waals surface area contributed by atoms with Crippen LogP contribution in [0.4, 0.5) is 0 Å². The largest absolute Gasteiger partial charge is 0.342 e. The summed E-state index contributed by atoms with van der Waals surface area (Å²) in [6, 6.07) is 0. The molecule has 2 fully saturated rings. The molecule has 0 aliphatic carbocycles. The summed E-state index contributed by atoms with van der Waals surface area (Å²) >= 11 is 0. The predicted molar refractivity (Wildman–Crippen MR) is 69.8 cm³/mol. The van der Waals surface area contributed by atoms with E-state index >= 15 is 0 Å². The number of carbonyl (C=O) groups is 1. The monoisotopic (exact) mass is 238 g/mol. The third-order valence-electron chi connectivity index (χ3n) is 4.91. The Balaban J connectivity index is 1.93. The lowest BCUT2D eigenvalue weighted by Gasteiger charge is -2.41. The molecule has 2 heterocycles. The van der Waals surface area contributed by atoms with E-state index in [-0.39, 0.29) is 5.41 Å². The Morgan fingerprint density at radius 1 is 1.29 bits per heavy atom. The lowest BCUT2D eigenvalue weighted by Crippen LogP contribution is -2.48. The highest BCUT2D eigenvalue weighted by Crippen LogP contribution is 2.38. The molecule has 0 aromatic rings. The molecule has 2 rings (SSSR count). The second-order valence-corrected chi connectivity index (χ2v) is 6.46. The first kappa shape index (κ1) is 12.9. The van der Waals surface area contributed by atoms with Crippen LogP contribution in [-0.2, 0) is 4.79 Å². The maximum Gasteiger partial charge on any atom is 0.228 e. The van der Waals surface area contributed by atoms with Gasteiger partial charge in [0.05, 0.1) is 0 Å². The number of piperidine rings is 1. The summed E-state index contributed by atoms with van der Waals surface area (Å²) in [4.78, 5) is 14.5. The molecule has 0 radical (unpaired) electrons. The molecule has 0 unspecified atom stereocenters. The normalized spacial score (nSPS) is 24.3. The van der Waals surface area contributed by atoms with Gasteiger partial charge in [0.1, 0.15) is 0 Å². The molecule has 1 spiro atoms. The Bertz CT molecular complexity index is 283. The van der Waals surface area contributed by atoms with Crippen LogP contribution in [-0.4, -0.2) is 37.0 Å². The number of amides is 1. The summed E-state index contributed by atoms with van der Waals surface area (Å²) in [5.74, 6) is 0.348. The lowest BCUT2D eigenvalue weighted by atomic mass is 9.77. The van der Waals surface area contributed by atoms with Gasteiger partial charge < -0.3 is 10.2 Å². The van der Waals surface area contributed by atoms with Crippen LogP contribution in [0.25, 0.3) is 0 Å². The Morgan fingerprint density at radius 2 is 1.94 bits per heavy atom. The summed E-state index contributed by atoms with van der Waals surface area (Å²) in [6.07, 6.45) is 4.60. The van der Waals surface area contributed by atoms with E-state index in [0.29, 0.717) is 11.3 Å². The summed E-state index contributed by atoms with van der Waals surface area (Å²) in [5.41, 5.74) is 0.325. The zero-order valence-electron chi connectivity index (χ0n) is 11.5. The number of rotatable bonds is 2. The molecular weight excluding hydrogens is 212 g/mol. The number of nitrogens with one attached hydrogen (secondary N) is 1. The molecule has 0 saturated carbocycles. The van der Waals surface area contributed by atoms with E-state index in [9.17, 15) is 4.79 Å². The maximum absolute atomic E-state index is 12.4. The van der Waals surface area contributed by atoms with E-state index in [4.69, 9.17) is 0 Å². The van der Waals surface area contributed by atoms with Crippen molar-refractivity contribution in [1.82, 2.24) is 10.2 Å². The van der Waals surface area contributed by atoms with Crippen molar-refractivity contribution in [1.29, 1.82) is 0 Å². The van der Waals surface area contributed by atoms with Gasteiger partial charge in [0.2, 0.25) is 5.91 Å². The van der Waals surface area contributed by atoms with Gasteiger partial charge in [0.25, 0.3) is 0 Å². The minimum atomic E-state index is -0.182. The average molecular weight is 238 g/mol. The minimum absolute atomic E-state index is 0.182. The average Bonchev–Trinajstić information content (AvgIpc) is 2.78. The predicted octanol–water partition coefficient (Wildman–Crippen LogP) is 2.02. The van der Waals surface area contributed by atoms with E-state index in [0.717, 1.165) is 32.6 Å². The molecule has 0 bridgehead atoms. The molecule has 3 heteroatoms. The number of likely N-dealkylation sites (tertiary alicyclic amines) is 1. The van der Waals surface area contributed by atoms with Crippen LogP contribution < -0.4 is 5.32 Å². The van der Waals surface area contributed by atoms with Crippen molar-refractivity contribution in [3.8, 4) is 0 Å². The highest BCUT2D eigenvalue weighted by atomic mass is 16.2. The Morgan fingerprint density at radius 3 is 2.41 bits per heavy atom. The van der Waals surface area contributed by atoms with Gasteiger partial charge in [-0.15, -0.1) is 0 Å². The standard InChI is InChI=1S/C14H26N2O/c1-4-13(2,3)12(17)16-9-6-14(7-10-16)5-8-15-11-14/h15H,4-11H2,1-3H3. The third kappa shape index (κ3) is 2.49. The maximum atomic E-state index is 12.4. The fourth-order valence-electron chi connectivity index (χ4n) is 2.99. The molecule has 2 saturated heterocycles. The van der Waals surface area contributed by atoms with Gasteiger partial charge in [-0.2, -0.15) is 0 Å². The van der Waals surface area contributed by atoms with E-state index in [1.54, 1.807) is 0 Å². The molecule has 0 aromatic heterocycles. The first-order chi connectivity index (χ1) is 7.99. The number of hydrogen-bond donors (Lipinski definition) is 1. The zero-order valence-corrected chi connectivity index (χ0v) is 11.5. The molecule has 1 amide bonds. The van der Waals surface area contributed by atoms with E-state index in [1.807, 2.05) is 0 Å². The molecule has 17 heavy (non-hydrogen) atoms. The van der Waals surface area contributed by atoms with Crippen molar-refractivity contribution in [2.75, 3.05) is 26.2 Å². The minimum Gasteiger partial charge on any atom is -0.342 e. The molecule has 3 nitrogen and oxygen atoms in total. The van der Waals surface area contributed by atoms with E-state index in [2.05, 4.69) is 31.0 Å². The molecule has 0 aromatic carbocycles.